The van der Waals surface area contributed by atoms with Gasteiger partial charge in [0.15, 0.2) is 0 Å². The molecule has 1 aromatic heterocycles. The molecule has 2 aromatic rings. The number of aromatic nitrogens is 3. The lowest BCUT2D eigenvalue weighted by Gasteiger charge is -2.23. The Labute approximate surface area is 143 Å². The first-order valence-electron chi connectivity index (χ1n) is 10.8. The molecule has 22 heavy (non-hydrogen) atoms. The molecule has 2 rings (SSSR count). The lowest BCUT2D eigenvalue weighted by Crippen LogP contribution is -2.20. The molecular weight excluding hydrogens is 274 g/mol. The van der Waals surface area contributed by atoms with Gasteiger partial charge in [0, 0.05) is 8.22 Å². The third-order valence-electron chi connectivity index (χ3n) is 3.04. The summed E-state index contributed by atoms with van der Waals surface area (Å²) in [5.41, 5.74) is -6.05. The van der Waals surface area contributed by atoms with E-state index in [4.69, 9.17) is 12.3 Å². The van der Waals surface area contributed by atoms with Gasteiger partial charge in [0.05, 0.1) is 33.6 Å². The van der Waals surface area contributed by atoms with Gasteiger partial charge in [-0.1, -0.05) is 18.1 Å². The smallest absolute Gasteiger partial charge is 0.137 e. The molecule has 0 aliphatic heterocycles. The number of rotatable bonds is 4. The van der Waals surface area contributed by atoms with Crippen molar-refractivity contribution in [3.63, 3.8) is 0 Å². The van der Waals surface area contributed by atoms with Crippen LogP contribution in [0.15, 0.2) is 30.8 Å². The number of benzene rings is 1. The third kappa shape index (κ3) is 3.15. The summed E-state index contributed by atoms with van der Waals surface area (Å²) in [6.45, 7) is -4.40. The predicted molar refractivity (Wildman–Crippen MR) is 82.8 cm³/mol. The average Bonchev–Trinajstić information content (AvgIpc) is 3.13. The maximum atomic E-state index is 9.84. The first-order valence-corrected chi connectivity index (χ1v) is 6.35. The Morgan fingerprint density at radius 1 is 1.18 bits per heavy atom. The van der Waals surface area contributed by atoms with Crippen LogP contribution in [0.5, 0.6) is 0 Å². The first-order chi connectivity index (χ1) is 14.1. The largest absolute Gasteiger partial charge is 0.249 e. The van der Waals surface area contributed by atoms with Gasteiger partial charge in [0.2, 0.25) is 0 Å². The van der Waals surface area contributed by atoms with E-state index in [-0.39, 0.29) is 17.7 Å². The SMILES string of the molecule is [2H]c1c(Cn2cncn2)c([2H])c(C(C#N)(C([2H])([2H])[2H])C([2H])([2H])[2H])c([2H])c1C(C)(C)C#N. The highest BCUT2D eigenvalue weighted by Crippen LogP contribution is 2.30. The van der Waals surface area contributed by atoms with E-state index >= 15 is 0 Å². The summed E-state index contributed by atoms with van der Waals surface area (Å²) in [6, 6.07) is 1.34. The fraction of sp³-hybridized carbons (Fsp3) is 0.412. The quantitative estimate of drug-likeness (QED) is 0.870. The van der Waals surface area contributed by atoms with Crippen LogP contribution in [0.25, 0.3) is 0 Å². The van der Waals surface area contributed by atoms with E-state index in [0.717, 1.165) is 0 Å². The number of nitriles is 2. The molecule has 0 saturated carbocycles. The van der Waals surface area contributed by atoms with Crippen molar-refractivity contribution in [3.8, 4) is 12.1 Å². The molecule has 0 aliphatic rings. The fourth-order valence-corrected chi connectivity index (χ4v) is 1.69. The highest BCUT2D eigenvalue weighted by Gasteiger charge is 2.26. The Morgan fingerprint density at radius 2 is 1.82 bits per heavy atom. The zero-order valence-electron chi connectivity index (χ0n) is 21.1. The van der Waals surface area contributed by atoms with Crippen LogP contribution in [0, 0.1) is 22.7 Å². The molecule has 112 valence electrons. The second kappa shape index (κ2) is 5.61. The average molecular weight is 302 g/mol. The second-order valence-corrected chi connectivity index (χ2v) is 5.30. The Balaban J connectivity index is 3.15. The molecule has 0 aliphatic carbocycles. The molecule has 0 amide bonds. The van der Waals surface area contributed by atoms with Gasteiger partial charge >= 0.3 is 0 Å². The van der Waals surface area contributed by atoms with Gasteiger partial charge < -0.3 is 0 Å². The van der Waals surface area contributed by atoms with Crippen molar-refractivity contribution >= 4 is 0 Å². The monoisotopic (exact) mass is 302 g/mol. The number of nitrogens with zero attached hydrogens (tertiary/aromatic N) is 5. The molecule has 0 saturated heterocycles. The minimum atomic E-state index is -3.44. The van der Waals surface area contributed by atoms with Crippen LogP contribution in [-0.2, 0) is 17.4 Å². The summed E-state index contributed by atoms with van der Waals surface area (Å²) < 4.78 is 74.1. The number of hydrogen-bond donors (Lipinski definition) is 0. The van der Waals surface area contributed by atoms with Crippen LogP contribution in [0.4, 0.5) is 0 Å². The predicted octanol–water partition coefficient (Wildman–Crippen LogP) is 2.93. The Morgan fingerprint density at radius 3 is 2.32 bits per heavy atom. The lowest BCUT2D eigenvalue weighted by atomic mass is 9.79. The van der Waals surface area contributed by atoms with Gasteiger partial charge in [0.1, 0.15) is 12.7 Å². The van der Waals surface area contributed by atoms with Crippen LogP contribution in [0.3, 0.4) is 0 Å². The van der Waals surface area contributed by atoms with Gasteiger partial charge in [0.25, 0.3) is 0 Å². The van der Waals surface area contributed by atoms with Crippen molar-refractivity contribution in [2.24, 2.45) is 0 Å². The molecule has 0 radical (unpaired) electrons. The van der Waals surface area contributed by atoms with Crippen LogP contribution >= 0.6 is 0 Å². The summed E-state index contributed by atoms with van der Waals surface area (Å²) >= 11 is 0. The van der Waals surface area contributed by atoms with Crippen LogP contribution in [0.1, 0.15) is 56.6 Å². The van der Waals surface area contributed by atoms with Crippen molar-refractivity contribution in [2.45, 2.75) is 44.9 Å². The normalized spacial score (nSPS) is 18.8. The van der Waals surface area contributed by atoms with Crippen LogP contribution in [0.2, 0.25) is 0 Å². The topological polar surface area (TPSA) is 78.3 Å². The van der Waals surface area contributed by atoms with E-state index in [2.05, 4.69) is 10.1 Å². The van der Waals surface area contributed by atoms with Crippen LogP contribution in [-0.4, -0.2) is 14.8 Å². The zero-order chi connectivity index (χ0) is 24.0. The summed E-state index contributed by atoms with van der Waals surface area (Å²) in [5.74, 6) is 0. The van der Waals surface area contributed by atoms with Crippen molar-refractivity contribution in [1.29, 1.82) is 10.5 Å². The van der Waals surface area contributed by atoms with Gasteiger partial charge in [-0.3, -0.25) is 0 Å². The molecule has 5 nitrogen and oxygen atoms in total. The first kappa shape index (κ1) is 7.56. The fourth-order valence-electron chi connectivity index (χ4n) is 1.69. The van der Waals surface area contributed by atoms with E-state index in [1.54, 1.807) is 0 Å². The maximum Gasteiger partial charge on any atom is 0.137 e. The molecule has 0 spiro atoms. The molecule has 0 bridgehead atoms. The molecule has 1 aromatic carbocycles. The summed E-state index contributed by atoms with van der Waals surface area (Å²) in [5, 5.41) is 23.3. The Kier molecular flexibility index (Phi) is 1.93. The molecule has 1 heterocycles. The van der Waals surface area contributed by atoms with Crippen LogP contribution < -0.4 is 0 Å². The minimum Gasteiger partial charge on any atom is -0.249 e. The van der Waals surface area contributed by atoms with Gasteiger partial charge in [-0.15, -0.1) is 0 Å². The Hall–Kier alpha value is -2.66. The van der Waals surface area contributed by atoms with Crippen molar-refractivity contribution in [2.75, 3.05) is 0 Å². The summed E-state index contributed by atoms with van der Waals surface area (Å²) in [7, 11) is 0. The number of hydrogen-bond acceptors (Lipinski definition) is 4. The highest BCUT2D eigenvalue weighted by molar-refractivity contribution is 5.42. The van der Waals surface area contributed by atoms with E-state index in [1.165, 1.54) is 37.3 Å². The molecule has 5 heteroatoms. The molecule has 0 N–H and O–H groups in total. The van der Waals surface area contributed by atoms with Gasteiger partial charge in [-0.2, -0.15) is 15.6 Å². The second-order valence-electron chi connectivity index (χ2n) is 5.30. The standard InChI is InChI=1S/C17H19N5/c1-16(2,9-18)14-5-13(8-22-12-20-11-21-22)6-15(7-14)17(3,4)10-19/h5-7,11-12H,8H2,1-4H3/i1D3,2D3,5D,6D,7D. The van der Waals surface area contributed by atoms with E-state index in [9.17, 15) is 10.5 Å². The van der Waals surface area contributed by atoms with Crippen molar-refractivity contribution in [1.82, 2.24) is 14.8 Å². The Bertz CT molecular complexity index is 1060. The molecule has 0 unspecified atom stereocenters. The van der Waals surface area contributed by atoms with E-state index in [0.29, 0.717) is 0 Å². The zero-order valence-corrected chi connectivity index (χ0v) is 12.1. The van der Waals surface area contributed by atoms with Gasteiger partial charge in [-0.05, 0) is 44.2 Å². The van der Waals surface area contributed by atoms with E-state index < -0.39 is 48.2 Å². The maximum absolute atomic E-state index is 9.84. The highest BCUT2D eigenvalue weighted by atomic mass is 15.3. The lowest BCUT2D eigenvalue weighted by molar-refractivity contribution is 0.646. The molecular formula is C17H19N5. The third-order valence-corrected chi connectivity index (χ3v) is 3.04. The summed E-state index contributed by atoms with van der Waals surface area (Å²) in [6.07, 6.45) is 2.46. The molecule has 0 atom stereocenters. The van der Waals surface area contributed by atoms with Crippen molar-refractivity contribution in [3.05, 3.63) is 47.5 Å². The van der Waals surface area contributed by atoms with E-state index in [1.807, 2.05) is 6.07 Å². The minimum absolute atomic E-state index is 0.178. The van der Waals surface area contributed by atoms with Crippen molar-refractivity contribution < 1.29 is 12.3 Å². The van der Waals surface area contributed by atoms with Gasteiger partial charge in [-0.25, -0.2) is 9.67 Å². The molecule has 0 fully saturated rings. The summed E-state index contributed by atoms with van der Waals surface area (Å²) in [4.78, 5) is 3.76.